The van der Waals surface area contributed by atoms with Crippen molar-refractivity contribution in [2.45, 2.75) is 6.42 Å². The summed E-state index contributed by atoms with van der Waals surface area (Å²) in [6, 6.07) is 8.84. The van der Waals surface area contributed by atoms with E-state index in [1.54, 1.807) is 24.3 Å². The molecular weight excluding hydrogens is 280 g/mol. The summed E-state index contributed by atoms with van der Waals surface area (Å²) in [6.07, 6.45) is 8.13. The summed E-state index contributed by atoms with van der Waals surface area (Å²) >= 11 is 0. The third-order valence-electron chi connectivity index (χ3n) is 3.69. The normalized spacial score (nSPS) is 13.3. The van der Waals surface area contributed by atoms with Crippen LogP contribution in [0.2, 0.25) is 0 Å². The van der Waals surface area contributed by atoms with Crippen LogP contribution in [-0.4, -0.2) is 9.55 Å². The second kappa shape index (κ2) is 4.73. The van der Waals surface area contributed by atoms with Crippen LogP contribution in [0.5, 0.6) is 0 Å². The zero-order valence-corrected chi connectivity index (χ0v) is 11.6. The van der Waals surface area contributed by atoms with E-state index >= 15 is 0 Å². The molecule has 0 spiro atoms. The van der Waals surface area contributed by atoms with Crippen molar-refractivity contribution in [1.82, 2.24) is 9.55 Å². The maximum Gasteiger partial charge on any atom is 0.335 e. The van der Waals surface area contributed by atoms with Crippen molar-refractivity contribution in [3.8, 4) is 5.69 Å². The molecule has 5 heteroatoms. The van der Waals surface area contributed by atoms with Gasteiger partial charge in [-0.25, -0.2) is 9.36 Å². The van der Waals surface area contributed by atoms with Crippen molar-refractivity contribution in [3.63, 3.8) is 0 Å². The number of fused-ring (bicyclic) bond motifs is 3. The number of furan rings is 1. The van der Waals surface area contributed by atoms with Gasteiger partial charge in [0.15, 0.2) is 0 Å². The van der Waals surface area contributed by atoms with Gasteiger partial charge >= 0.3 is 5.69 Å². The van der Waals surface area contributed by atoms with Crippen LogP contribution in [0.1, 0.15) is 11.3 Å². The molecule has 1 N–H and O–H groups in total. The summed E-state index contributed by atoms with van der Waals surface area (Å²) in [5.74, 6) is 0.679. The predicted octanol–water partition coefficient (Wildman–Crippen LogP) is 2.40. The number of para-hydroxylation sites is 1. The number of hydrogen-bond donors (Lipinski definition) is 1. The van der Waals surface area contributed by atoms with Crippen LogP contribution >= 0.6 is 0 Å². The molecule has 0 aliphatic heterocycles. The topological polar surface area (TPSA) is 68.0 Å². The van der Waals surface area contributed by atoms with Gasteiger partial charge in [0.2, 0.25) is 5.71 Å². The largest absolute Gasteiger partial charge is 0.443 e. The standard InChI is InChI=1S/C17H12N2O3/c20-16-14-12-9-5-2-6-10-13(12)22-15(14)18-17(21)19(16)11-7-3-1-4-8-11/h1-9H,10H2,(H,18,21). The molecule has 22 heavy (non-hydrogen) atoms. The number of aromatic nitrogens is 2. The van der Waals surface area contributed by atoms with Gasteiger partial charge in [0.05, 0.1) is 5.69 Å². The summed E-state index contributed by atoms with van der Waals surface area (Å²) in [5.41, 5.74) is 0.605. The fourth-order valence-electron chi connectivity index (χ4n) is 2.69. The molecule has 0 bridgehead atoms. The first-order chi connectivity index (χ1) is 10.8. The van der Waals surface area contributed by atoms with E-state index < -0.39 is 5.69 Å². The van der Waals surface area contributed by atoms with Gasteiger partial charge in [0.25, 0.3) is 5.56 Å². The number of hydrogen-bond acceptors (Lipinski definition) is 3. The number of rotatable bonds is 1. The summed E-state index contributed by atoms with van der Waals surface area (Å²) in [6.45, 7) is 0. The Balaban J connectivity index is 2.11. The van der Waals surface area contributed by atoms with Crippen molar-refractivity contribution < 1.29 is 4.42 Å². The molecule has 1 aromatic carbocycles. The molecule has 2 aromatic heterocycles. The molecule has 5 nitrogen and oxygen atoms in total. The minimum atomic E-state index is -0.507. The third kappa shape index (κ3) is 1.79. The molecule has 0 unspecified atom stereocenters. The number of allylic oxidation sites excluding steroid dienone is 3. The van der Waals surface area contributed by atoms with Gasteiger partial charge in [0.1, 0.15) is 11.1 Å². The highest BCUT2D eigenvalue weighted by atomic mass is 16.3. The lowest BCUT2D eigenvalue weighted by Gasteiger charge is -2.03. The average Bonchev–Trinajstić information content (AvgIpc) is 2.70. The Hall–Kier alpha value is -3.08. The molecule has 0 amide bonds. The van der Waals surface area contributed by atoms with Crippen LogP contribution in [0, 0.1) is 0 Å². The molecule has 0 atom stereocenters. The van der Waals surface area contributed by atoms with Crippen LogP contribution in [0.15, 0.2) is 62.6 Å². The lowest BCUT2D eigenvalue weighted by molar-refractivity contribution is 0.551. The maximum absolute atomic E-state index is 12.8. The van der Waals surface area contributed by atoms with E-state index in [-0.39, 0.29) is 11.3 Å². The summed E-state index contributed by atoms with van der Waals surface area (Å²) in [7, 11) is 0. The van der Waals surface area contributed by atoms with Gasteiger partial charge in [-0.15, -0.1) is 0 Å². The predicted molar refractivity (Wildman–Crippen MR) is 84.3 cm³/mol. The Morgan fingerprint density at radius 1 is 1.09 bits per heavy atom. The minimum absolute atomic E-state index is 0.229. The zero-order valence-electron chi connectivity index (χ0n) is 11.6. The van der Waals surface area contributed by atoms with Crippen LogP contribution in [0.25, 0.3) is 22.9 Å². The Morgan fingerprint density at radius 2 is 1.91 bits per heavy atom. The first-order valence-electron chi connectivity index (χ1n) is 6.95. The number of aromatic amines is 1. The first kappa shape index (κ1) is 12.6. The quantitative estimate of drug-likeness (QED) is 0.749. The first-order valence-corrected chi connectivity index (χ1v) is 6.95. The molecule has 2 heterocycles. The Labute approximate surface area is 124 Å². The average molecular weight is 292 g/mol. The van der Waals surface area contributed by atoms with E-state index in [0.29, 0.717) is 23.3 Å². The van der Waals surface area contributed by atoms with Gasteiger partial charge in [-0.3, -0.25) is 9.78 Å². The second-order valence-corrected chi connectivity index (χ2v) is 5.04. The Morgan fingerprint density at radius 3 is 2.73 bits per heavy atom. The van der Waals surface area contributed by atoms with Crippen LogP contribution < -0.4 is 11.2 Å². The van der Waals surface area contributed by atoms with Crippen molar-refractivity contribution in [2.24, 2.45) is 0 Å². The highest BCUT2D eigenvalue weighted by molar-refractivity contribution is 5.86. The molecule has 3 aromatic rings. The highest BCUT2D eigenvalue weighted by Gasteiger charge is 2.19. The third-order valence-corrected chi connectivity index (χ3v) is 3.69. The van der Waals surface area contributed by atoms with Crippen LogP contribution in [0.3, 0.4) is 0 Å². The van der Waals surface area contributed by atoms with Crippen molar-refractivity contribution in [2.75, 3.05) is 0 Å². The smallest absolute Gasteiger partial charge is 0.335 e. The van der Waals surface area contributed by atoms with Gasteiger partial charge in [-0.2, -0.15) is 0 Å². The van der Waals surface area contributed by atoms with Crippen molar-refractivity contribution in [1.29, 1.82) is 0 Å². The van der Waals surface area contributed by atoms with Gasteiger partial charge in [-0.1, -0.05) is 42.5 Å². The van der Waals surface area contributed by atoms with Gasteiger partial charge in [-0.05, 0) is 12.1 Å². The minimum Gasteiger partial charge on any atom is -0.443 e. The second-order valence-electron chi connectivity index (χ2n) is 5.04. The van der Waals surface area contributed by atoms with E-state index in [2.05, 4.69) is 4.98 Å². The van der Waals surface area contributed by atoms with E-state index in [4.69, 9.17) is 4.42 Å². The summed E-state index contributed by atoms with van der Waals surface area (Å²) in [5, 5.41) is 0.401. The molecule has 1 aliphatic carbocycles. The SMILES string of the molecule is O=c1[nH]c2oc3c(c2c(=O)n1-c1ccccc1)C=CC=CC3. The van der Waals surface area contributed by atoms with Crippen molar-refractivity contribution in [3.05, 3.63) is 80.7 Å². The summed E-state index contributed by atoms with van der Waals surface area (Å²) < 4.78 is 6.78. The number of benzene rings is 1. The summed E-state index contributed by atoms with van der Waals surface area (Å²) in [4.78, 5) is 27.7. The lowest BCUT2D eigenvalue weighted by Crippen LogP contribution is -2.33. The zero-order chi connectivity index (χ0) is 15.1. The molecule has 4 rings (SSSR count). The fraction of sp³-hybridized carbons (Fsp3) is 0.0588. The molecule has 0 radical (unpaired) electrons. The van der Waals surface area contributed by atoms with E-state index in [0.717, 1.165) is 10.1 Å². The lowest BCUT2D eigenvalue weighted by atomic mass is 10.1. The molecular formula is C17H12N2O3. The number of H-pyrrole nitrogens is 1. The fourth-order valence-corrected chi connectivity index (χ4v) is 2.69. The monoisotopic (exact) mass is 292 g/mol. The number of nitrogens with zero attached hydrogens (tertiary/aromatic N) is 1. The number of nitrogens with one attached hydrogen (secondary N) is 1. The van der Waals surface area contributed by atoms with Gasteiger partial charge < -0.3 is 4.42 Å². The molecule has 0 saturated carbocycles. The van der Waals surface area contributed by atoms with E-state index in [1.165, 1.54) is 0 Å². The molecule has 1 aliphatic rings. The molecule has 0 saturated heterocycles. The highest BCUT2D eigenvalue weighted by Crippen LogP contribution is 2.25. The van der Waals surface area contributed by atoms with Gasteiger partial charge in [0, 0.05) is 12.0 Å². The molecule has 0 fully saturated rings. The Kier molecular flexibility index (Phi) is 2.72. The van der Waals surface area contributed by atoms with E-state index in [9.17, 15) is 9.59 Å². The van der Waals surface area contributed by atoms with Crippen LogP contribution in [0.4, 0.5) is 0 Å². The van der Waals surface area contributed by atoms with Crippen LogP contribution in [-0.2, 0) is 6.42 Å². The maximum atomic E-state index is 12.8. The molecule has 108 valence electrons. The van der Waals surface area contributed by atoms with Crippen molar-refractivity contribution >= 4 is 17.2 Å². The Bertz CT molecular complexity index is 1030. The van der Waals surface area contributed by atoms with E-state index in [1.807, 2.05) is 30.4 Å².